The number of benzene rings is 2. The van der Waals surface area contributed by atoms with Gasteiger partial charge in [0.2, 0.25) is 0 Å². The zero-order valence-electron chi connectivity index (χ0n) is 17.1. The highest BCUT2D eigenvalue weighted by molar-refractivity contribution is 14.1. The Balaban J connectivity index is 1.57. The molecule has 3 aliphatic heterocycles. The third kappa shape index (κ3) is 3.39. The summed E-state index contributed by atoms with van der Waals surface area (Å²) < 4.78 is 2.26. The van der Waals surface area contributed by atoms with Crippen LogP contribution in [0, 0.1) is 15.4 Å². The monoisotopic (exact) mass is 511 g/mol. The lowest BCUT2D eigenvalue weighted by atomic mass is 9.71. The molecule has 0 amide bonds. The van der Waals surface area contributed by atoms with Gasteiger partial charge >= 0.3 is 0 Å². The molecule has 6 rings (SSSR count). The Morgan fingerprint density at radius 1 is 1.17 bits per heavy atom. The van der Waals surface area contributed by atoms with Crippen LogP contribution in [0.4, 0.5) is 0 Å². The van der Waals surface area contributed by atoms with Gasteiger partial charge in [-0.05, 0) is 52.3 Å². The van der Waals surface area contributed by atoms with E-state index in [9.17, 15) is 5.11 Å². The fraction of sp³-hybridized carbons (Fsp3) is 0.346. The molecule has 3 nitrogen and oxygen atoms in total. The first kappa shape index (κ1) is 20.2. The van der Waals surface area contributed by atoms with E-state index in [1.54, 1.807) is 0 Å². The molecule has 2 aromatic carbocycles. The number of fused-ring (bicyclic) bond motifs is 4. The lowest BCUT2D eigenvalue weighted by molar-refractivity contribution is -0.985. The van der Waals surface area contributed by atoms with Gasteiger partial charge in [-0.15, -0.1) is 6.58 Å². The maximum atomic E-state index is 11.8. The van der Waals surface area contributed by atoms with E-state index < -0.39 is 6.10 Å². The highest BCUT2D eigenvalue weighted by Crippen LogP contribution is 2.48. The summed E-state index contributed by atoms with van der Waals surface area (Å²) in [6.07, 6.45) is 5.79. The molecule has 154 valence electrons. The summed E-state index contributed by atoms with van der Waals surface area (Å²) in [6, 6.07) is 19.1. The van der Waals surface area contributed by atoms with Gasteiger partial charge in [-0.1, -0.05) is 42.5 Å². The minimum atomic E-state index is -0.493. The Morgan fingerprint density at radius 2 is 1.97 bits per heavy atom. The van der Waals surface area contributed by atoms with E-state index in [0.717, 1.165) is 47.0 Å². The number of hydrogen-bond donors (Lipinski definition) is 1. The van der Waals surface area contributed by atoms with Crippen molar-refractivity contribution in [1.82, 2.24) is 4.98 Å². The second-order valence-corrected chi connectivity index (χ2v) is 10.1. The summed E-state index contributed by atoms with van der Waals surface area (Å²) in [7, 11) is 0. The van der Waals surface area contributed by atoms with E-state index >= 15 is 0 Å². The normalized spacial score (nSPS) is 29.1. The zero-order chi connectivity index (χ0) is 20.7. The number of quaternary nitrogens is 1. The summed E-state index contributed by atoms with van der Waals surface area (Å²) in [5.41, 5.74) is 3.37. The Hall–Kier alpha value is -1.76. The number of para-hydroxylation sites is 1. The van der Waals surface area contributed by atoms with E-state index in [2.05, 4.69) is 70.6 Å². The van der Waals surface area contributed by atoms with Gasteiger partial charge < -0.3 is 9.59 Å². The van der Waals surface area contributed by atoms with E-state index in [1.807, 2.05) is 30.5 Å². The van der Waals surface area contributed by atoms with Crippen LogP contribution < -0.4 is 0 Å². The highest BCUT2D eigenvalue weighted by Gasteiger charge is 2.54. The smallest absolute Gasteiger partial charge is 0.131 e. The number of nitrogens with zero attached hydrogens (tertiary/aromatic N) is 2. The predicted molar refractivity (Wildman–Crippen MR) is 130 cm³/mol. The zero-order valence-corrected chi connectivity index (χ0v) is 19.3. The summed E-state index contributed by atoms with van der Waals surface area (Å²) in [4.78, 5) is 4.51. The summed E-state index contributed by atoms with van der Waals surface area (Å²) in [5.74, 6) is 1.17. The van der Waals surface area contributed by atoms with Crippen molar-refractivity contribution in [2.45, 2.75) is 31.5 Å². The number of aliphatic hydroxyl groups excluding tert-OH is 1. The van der Waals surface area contributed by atoms with Crippen molar-refractivity contribution in [1.29, 1.82) is 0 Å². The molecular weight excluding hydrogens is 483 g/mol. The molecular formula is C26H28IN2O+. The van der Waals surface area contributed by atoms with Gasteiger partial charge in [0.15, 0.2) is 0 Å². The van der Waals surface area contributed by atoms with Crippen LogP contribution in [-0.2, 0) is 6.54 Å². The molecule has 0 aliphatic carbocycles. The molecule has 1 aromatic heterocycles. The number of aliphatic hydroxyl groups is 1. The van der Waals surface area contributed by atoms with Crippen molar-refractivity contribution in [2.75, 3.05) is 13.1 Å². The van der Waals surface area contributed by atoms with Crippen molar-refractivity contribution in [3.8, 4) is 0 Å². The molecule has 0 saturated carbocycles. The number of aromatic nitrogens is 1. The van der Waals surface area contributed by atoms with Crippen LogP contribution in [0.5, 0.6) is 0 Å². The second kappa shape index (κ2) is 8.06. The van der Waals surface area contributed by atoms with E-state index in [0.29, 0.717) is 11.8 Å². The van der Waals surface area contributed by atoms with E-state index in [-0.39, 0.29) is 6.04 Å². The number of rotatable bonds is 5. The molecule has 0 radical (unpaired) electrons. The largest absolute Gasteiger partial charge is 0.382 e. The first-order chi connectivity index (χ1) is 14.6. The Morgan fingerprint density at radius 3 is 2.80 bits per heavy atom. The van der Waals surface area contributed by atoms with Crippen molar-refractivity contribution >= 4 is 33.5 Å². The Labute approximate surface area is 192 Å². The average Bonchev–Trinajstić information content (AvgIpc) is 2.79. The van der Waals surface area contributed by atoms with Gasteiger partial charge in [0.05, 0.1) is 18.6 Å². The van der Waals surface area contributed by atoms with Gasteiger partial charge in [-0.25, -0.2) is 0 Å². The maximum Gasteiger partial charge on any atom is 0.131 e. The van der Waals surface area contributed by atoms with Gasteiger partial charge in [0.1, 0.15) is 18.7 Å². The van der Waals surface area contributed by atoms with E-state index in [4.69, 9.17) is 0 Å². The fourth-order valence-corrected chi connectivity index (χ4v) is 6.49. The molecule has 0 spiro atoms. The summed E-state index contributed by atoms with van der Waals surface area (Å²) in [5, 5.41) is 12.8. The fourth-order valence-electron chi connectivity index (χ4n) is 5.93. The van der Waals surface area contributed by atoms with Crippen LogP contribution in [0.1, 0.15) is 30.1 Å². The highest BCUT2D eigenvalue weighted by atomic mass is 127. The standard InChI is InChI=1S/C26H28IN2O/c1-2-18-16-29(17-20-7-3-5-9-23(20)27)14-12-19(18)15-25(29)26(30)22-11-13-28-24-10-6-4-8-21(22)24/h2-11,13,18-19,25-26,30H,1,12,14-17H2/q+1/t18?,19?,25?,26-,29?/m0/s1. The molecule has 5 atom stereocenters. The second-order valence-electron chi connectivity index (χ2n) is 8.99. The van der Waals surface area contributed by atoms with Crippen LogP contribution in [0.3, 0.4) is 0 Å². The first-order valence-electron chi connectivity index (χ1n) is 10.8. The van der Waals surface area contributed by atoms with Crippen molar-refractivity contribution in [3.63, 3.8) is 0 Å². The molecule has 3 fully saturated rings. The molecule has 2 bridgehead atoms. The lowest BCUT2D eigenvalue weighted by Gasteiger charge is -2.58. The van der Waals surface area contributed by atoms with Gasteiger partial charge in [0.25, 0.3) is 0 Å². The van der Waals surface area contributed by atoms with Crippen molar-refractivity contribution < 1.29 is 9.59 Å². The first-order valence-corrected chi connectivity index (χ1v) is 11.9. The molecule has 30 heavy (non-hydrogen) atoms. The molecule has 1 N–H and O–H groups in total. The summed E-state index contributed by atoms with van der Waals surface area (Å²) >= 11 is 2.45. The SMILES string of the molecule is C=CC1C[N+]2(Cc3ccccc3I)CCC1CC2[C@@H](O)c1ccnc2ccccc12. The van der Waals surface area contributed by atoms with Crippen LogP contribution >= 0.6 is 22.6 Å². The summed E-state index contributed by atoms with van der Waals surface area (Å²) in [6.45, 7) is 7.32. The van der Waals surface area contributed by atoms with Crippen LogP contribution in [0.25, 0.3) is 10.9 Å². The van der Waals surface area contributed by atoms with E-state index in [1.165, 1.54) is 15.6 Å². The molecule has 3 saturated heterocycles. The minimum Gasteiger partial charge on any atom is -0.382 e. The molecule has 4 heteroatoms. The molecule has 3 aliphatic rings. The number of halogens is 1. The van der Waals surface area contributed by atoms with Gasteiger partial charge in [0, 0.05) is 39.5 Å². The lowest BCUT2D eigenvalue weighted by Crippen LogP contribution is -2.67. The Bertz CT molecular complexity index is 1080. The topological polar surface area (TPSA) is 33.1 Å². The molecule has 3 aromatic rings. The number of hydrogen-bond acceptors (Lipinski definition) is 2. The number of pyridine rings is 1. The minimum absolute atomic E-state index is 0.196. The Kier molecular flexibility index (Phi) is 5.42. The molecule has 4 heterocycles. The third-order valence-electron chi connectivity index (χ3n) is 7.48. The van der Waals surface area contributed by atoms with Crippen LogP contribution in [0.2, 0.25) is 0 Å². The third-order valence-corrected chi connectivity index (χ3v) is 8.54. The molecule has 4 unspecified atom stereocenters. The van der Waals surface area contributed by atoms with Gasteiger partial charge in [-0.3, -0.25) is 4.98 Å². The number of piperidine rings is 3. The average molecular weight is 511 g/mol. The van der Waals surface area contributed by atoms with Crippen LogP contribution in [0.15, 0.2) is 73.4 Å². The maximum absolute atomic E-state index is 11.8. The predicted octanol–water partition coefficient (Wildman–Crippen LogP) is 5.48. The van der Waals surface area contributed by atoms with Gasteiger partial charge in [-0.2, -0.15) is 0 Å². The quantitative estimate of drug-likeness (QED) is 0.280. The van der Waals surface area contributed by atoms with Crippen LogP contribution in [-0.4, -0.2) is 33.7 Å². The van der Waals surface area contributed by atoms with Crippen molar-refractivity contribution in [2.24, 2.45) is 11.8 Å². The van der Waals surface area contributed by atoms with Crippen molar-refractivity contribution in [3.05, 3.63) is 88.1 Å².